The summed E-state index contributed by atoms with van der Waals surface area (Å²) in [6, 6.07) is 8.20. The van der Waals surface area contributed by atoms with Gasteiger partial charge in [0.05, 0.1) is 0 Å². The van der Waals surface area contributed by atoms with Gasteiger partial charge in [0.15, 0.2) is 0 Å². The highest BCUT2D eigenvalue weighted by Gasteiger charge is 2.24. The minimum Gasteiger partial charge on any atom is -0.0843 e. The molecule has 0 saturated heterocycles. The summed E-state index contributed by atoms with van der Waals surface area (Å²) in [5.41, 5.74) is 1.73. The average Bonchev–Trinajstić information content (AvgIpc) is 2.18. The summed E-state index contributed by atoms with van der Waals surface area (Å²) in [7, 11) is 0. The molecule has 0 aliphatic rings. The summed E-state index contributed by atoms with van der Waals surface area (Å²) in [6.45, 7) is 9.15. The Labute approximate surface area is 92.3 Å². The third-order valence-corrected chi connectivity index (χ3v) is 3.71. The van der Waals surface area contributed by atoms with Crippen molar-refractivity contribution in [3.05, 3.63) is 34.9 Å². The van der Waals surface area contributed by atoms with Gasteiger partial charge in [-0.05, 0) is 29.0 Å². The first kappa shape index (κ1) is 11.6. The minimum atomic E-state index is 0.355. The molecule has 0 aromatic heterocycles. The van der Waals surface area contributed by atoms with Crippen LogP contribution in [-0.4, -0.2) is 0 Å². The van der Waals surface area contributed by atoms with Gasteiger partial charge >= 0.3 is 0 Å². The van der Waals surface area contributed by atoms with Gasteiger partial charge in [0.2, 0.25) is 0 Å². The molecule has 1 atom stereocenters. The lowest BCUT2D eigenvalue weighted by Gasteiger charge is -2.31. The molecule has 0 N–H and O–H groups in total. The lowest BCUT2D eigenvalue weighted by atomic mass is 9.74. The van der Waals surface area contributed by atoms with Crippen molar-refractivity contribution in [2.45, 2.75) is 40.0 Å². The van der Waals surface area contributed by atoms with Crippen LogP contribution in [0.3, 0.4) is 0 Å². The van der Waals surface area contributed by atoms with Gasteiger partial charge in [-0.15, -0.1) is 0 Å². The Kier molecular flexibility index (Phi) is 3.60. The van der Waals surface area contributed by atoms with Gasteiger partial charge in [-0.3, -0.25) is 0 Å². The van der Waals surface area contributed by atoms with E-state index in [9.17, 15) is 0 Å². The Balaban J connectivity index is 2.89. The molecule has 78 valence electrons. The van der Waals surface area contributed by atoms with E-state index in [-0.39, 0.29) is 0 Å². The number of hydrogen-bond donors (Lipinski definition) is 0. The van der Waals surface area contributed by atoms with Crippen LogP contribution in [0, 0.1) is 5.41 Å². The first-order valence-corrected chi connectivity index (χ1v) is 5.60. The van der Waals surface area contributed by atoms with Crippen molar-refractivity contribution in [3.63, 3.8) is 0 Å². The van der Waals surface area contributed by atoms with Crippen LogP contribution < -0.4 is 0 Å². The molecule has 0 aliphatic heterocycles. The molecule has 1 aromatic carbocycles. The predicted molar refractivity (Wildman–Crippen MR) is 63.9 cm³/mol. The monoisotopic (exact) mass is 210 g/mol. The third-order valence-electron chi connectivity index (χ3n) is 3.45. The highest BCUT2D eigenvalue weighted by molar-refractivity contribution is 6.30. The van der Waals surface area contributed by atoms with E-state index in [2.05, 4.69) is 39.8 Å². The predicted octanol–water partition coefficient (Wildman–Crippen LogP) is 4.88. The smallest absolute Gasteiger partial charge is 0.0406 e. The molecule has 14 heavy (non-hydrogen) atoms. The van der Waals surface area contributed by atoms with Crippen LogP contribution in [0.4, 0.5) is 0 Å². The van der Waals surface area contributed by atoms with Gasteiger partial charge in [0, 0.05) is 5.02 Å². The van der Waals surface area contributed by atoms with E-state index < -0.39 is 0 Å². The number of halogens is 1. The molecule has 0 bridgehead atoms. The molecule has 0 nitrogen and oxygen atoms in total. The van der Waals surface area contributed by atoms with E-state index in [4.69, 9.17) is 11.6 Å². The van der Waals surface area contributed by atoms with E-state index in [0.29, 0.717) is 11.3 Å². The van der Waals surface area contributed by atoms with Gasteiger partial charge in [-0.1, -0.05) is 57.8 Å². The van der Waals surface area contributed by atoms with E-state index in [1.165, 1.54) is 12.0 Å². The van der Waals surface area contributed by atoms with Gasteiger partial charge in [0.1, 0.15) is 0 Å². The zero-order valence-electron chi connectivity index (χ0n) is 9.47. The normalized spacial score (nSPS) is 14.1. The molecule has 1 heteroatoms. The van der Waals surface area contributed by atoms with Gasteiger partial charge in [-0.25, -0.2) is 0 Å². The van der Waals surface area contributed by atoms with Crippen molar-refractivity contribution < 1.29 is 0 Å². The molecule has 0 aliphatic carbocycles. The molecular weight excluding hydrogens is 192 g/mol. The van der Waals surface area contributed by atoms with Crippen LogP contribution in [0.25, 0.3) is 0 Å². The number of hydrogen-bond acceptors (Lipinski definition) is 0. The third kappa shape index (κ3) is 2.51. The van der Waals surface area contributed by atoms with E-state index in [1.54, 1.807) is 0 Å². The molecular formula is C13H19Cl. The molecule has 1 rings (SSSR count). The van der Waals surface area contributed by atoms with Crippen LogP contribution in [0.5, 0.6) is 0 Å². The first-order chi connectivity index (χ1) is 6.47. The SMILES string of the molecule is CCC(C)(C)C(C)c1ccc(Cl)cc1. The fourth-order valence-electron chi connectivity index (χ4n) is 1.51. The van der Waals surface area contributed by atoms with Gasteiger partial charge in [-0.2, -0.15) is 0 Å². The second kappa shape index (κ2) is 4.35. The summed E-state index contributed by atoms with van der Waals surface area (Å²) in [5.74, 6) is 0.574. The molecule has 1 unspecified atom stereocenters. The number of benzene rings is 1. The van der Waals surface area contributed by atoms with Crippen molar-refractivity contribution in [1.82, 2.24) is 0 Å². The average molecular weight is 211 g/mol. The molecule has 0 radical (unpaired) electrons. The van der Waals surface area contributed by atoms with Crippen molar-refractivity contribution in [2.24, 2.45) is 5.41 Å². The Bertz CT molecular complexity index is 285. The van der Waals surface area contributed by atoms with E-state index in [0.717, 1.165) is 5.02 Å². The number of rotatable bonds is 3. The van der Waals surface area contributed by atoms with Gasteiger partial charge < -0.3 is 0 Å². The zero-order chi connectivity index (χ0) is 10.8. The van der Waals surface area contributed by atoms with E-state index >= 15 is 0 Å². The molecule has 1 aromatic rings. The second-order valence-corrected chi connectivity index (χ2v) is 5.05. The Morgan fingerprint density at radius 2 is 1.71 bits per heavy atom. The maximum Gasteiger partial charge on any atom is 0.0406 e. The fourth-order valence-corrected chi connectivity index (χ4v) is 1.63. The molecule has 0 spiro atoms. The lowest BCUT2D eigenvalue weighted by molar-refractivity contribution is 0.289. The first-order valence-electron chi connectivity index (χ1n) is 5.23. The Morgan fingerprint density at radius 3 is 2.14 bits per heavy atom. The van der Waals surface area contributed by atoms with Crippen molar-refractivity contribution >= 4 is 11.6 Å². The molecule has 0 fully saturated rings. The molecule has 0 amide bonds. The Hall–Kier alpha value is -0.490. The largest absolute Gasteiger partial charge is 0.0843 e. The topological polar surface area (TPSA) is 0 Å². The highest BCUT2D eigenvalue weighted by Crippen LogP contribution is 2.37. The van der Waals surface area contributed by atoms with Gasteiger partial charge in [0.25, 0.3) is 0 Å². The summed E-state index contributed by atoms with van der Waals surface area (Å²) in [4.78, 5) is 0. The van der Waals surface area contributed by atoms with Crippen LogP contribution in [-0.2, 0) is 0 Å². The maximum absolute atomic E-state index is 5.86. The van der Waals surface area contributed by atoms with Crippen LogP contribution >= 0.6 is 11.6 Å². The molecule has 0 heterocycles. The molecule has 0 saturated carbocycles. The summed E-state index contributed by atoms with van der Waals surface area (Å²) < 4.78 is 0. The van der Waals surface area contributed by atoms with Crippen molar-refractivity contribution in [3.8, 4) is 0 Å². The lowest BCUT2D eigenvalue weighted by Crippen LogP contribution is -2.18. The maximum atomic E-state index is 5.86. The van der Waals surface area contributed by atoms with Crippen LogP contribution in [0.15, 0.2) is 24.3 Å². The minimum absolute atomic E-state index is 0.355. The van der Waals surface area contributed by atoms with Crippen molar-refractivity contribution in [1.29, 1.82) is 0 Å². The summed E-state index contributed by atoms with van der Waals surface area (Å²) in [6.07, 6.45) is 1.19. The Morgan fingerprint density at radius 1 is 1.21 bits per heavy atom. The highest BCUT2D eigenvalue weighted by atomic mass is 35.5. The van der Waals surface area contributed by atoms with E-state index in [1.807, 2.05) is 12.1 Å². The van der Waals surface area contributed by atoms with Crippen LogP contribution in [0.1, 0.15) is 45.6 Å². The van der Waals surface area contributed by atoms with Crippen molar-refractivity contribution in [2.75, 3.05) is 0 Å². The van der Waals surface area contributed by atoms with Crippen LogP contribution in [0.2, 0.25) is 5.02 Å². The summed E-state index contributed by atoms with van der Waals surface area (Å²) >= 11 is 5.86. The zero-order valence-corrected chi connectivity index (χ0v) is 10.2. The standard InChI is InChI=1S/C13H19Cl/c1-5-13(3,4)10(2)11-6-8-12(14)9-7-11/h6-10H,5H2,1-4H3. The summed E-state index contributed by atoms with van der Waals surface area (Å²) in [5, 5.41) is 0.815. The second-order valence-electron chi connectivity index (χ2n) is 4.62. The quantitative estimate of drug-likeness (QED) is 0.667. The fraction of sp³-hybridized carbons (Fsp3) is 0.538.